The molecule has 3 nitrogen and oxygen atoms in total. The van der Waals surface area contributed by atoms with Crippen LogP contribution < -0.4 is 5.32 Å². The largest absolute Gasteiger partial charge is 0.379 e. The zero-order valence-corrected chi connectivity index (χ0v) is 14.9. The van der Waals surface area contributed by atoms with Crippen LogP contribution in [-0.4, -0.2) is 49.3 Å². The minimum atomic E-state index is 0.213. The molecule has 0 amide bonds. The number of hydrogen-bond acceptors (Lipinski definition) is 3. The van der Waals surface area contributed by atoms with E-state index in [2.05, 4.69) is 44.8 Å². The van der Waals surface area contributed by atoms with Crippen LogP contribution in [0.4, 0.5) is 0 Å². The molecule has 3 atom stereocenters. The van der Waals surface area contributed by atoms with Gasteiger partial charge in [0.1, 0.15) is 0 Å². The van der Waals surface area contributed by atoms with E-state index in [0.717, 1.165) is 32.2 Å². The van der Waals surface area contributed by atoms with Crippen LogP contribution in [-0.2, 0) is 4.74 Å². The maximum Gasteiger partial charge on any atom is 0.0619 e. The number of rotatable bonds is 4. The van der Waals surface area contributed by atoms with Crippen LogP contribution in [0.25, 0.3) is 0 Å². The lowest BCUT2D eigenvalue weighted by Crippen LogP contribution is -2.54. The van der Waals surface area contributed by atoms with E-state index < -0.39 is 0 Å². The van der Waals surface area contributed by atoms with Crippen molar-refractivity contribution in [3.8, 4) is 0 Å². The summed E-state index contributed by atoms with van der Waals surface area (Å²) < 4.78 is 5.61. The first-order valence-corrected chi connectivity index (χ1v) is 8.87. The summed E-state index contributed by atoms with van der Waals surface area (Å²) in [5, 5.41) is 3.80. The smallest absolute Gasteiger partial charge is 0.0619 e. The monoisotopic (exact) mass is 296 g/mol. The van der Waals surface area contributed by atoms with Gasteiger partial charge in [-0.15, -0.1) is 0 Å². The Labute approximate surface area is 131 Å². The third kappa shape index (κ3) is 5.22. The van der Waals surface area contributed by atoms with E-state index in [1.165, 1.54) is 32.2 Å². The zero-order valence-electron chi connectivity index (χ0n) is 14.9. The van der Waals surface area contributed by atoms with Gasteiger partial charge in [-0.25, -0.2) is 0 Å². The van der Waals surface area contributed by atoms with Crippen molar-refractivity contribution in [3.05, 3.63) is 0 Å². The summed E-state index contributed by atoms with van der Waals surface area (Å²) in [5.74, 6) is 0.872. The zero-order chi connectivity index (χ0) is 15.5. The van der Waals surface area contributed by atoms with E-state index >= 15 is 0 Å². The highest BCUT2D eigenvalue weighted by atomic mass is 16.5. The summed E-state index contributed by atoms with van der Waals surface area (Å²) in [6.45, 7) is 16.9. The molecule has 2 fully saturated rings. The van der Waals surface area contributed by atoms with Crippen LogP contribution in [0.3, 0.4) is 0 Å². The molecule has 3 unspecified atom stereocenters. The van der Waals surface area contributed by atoms with E-state index in [4.69, 9.17) is 4.74 Å². The molecule has 1 aliphatic carbocycles. The van der Waals surface area contributed by atoms with Gasteiger partial charge in [0.15, 0.2) is 0 Å². The van der Waals surface area contributed by atoms with E-state index in [1.54, 1.807) is 0 Å². The first-order valence-electron chi connectivity index (χ1n) is 8.87. The van der Waals surface area contributed by atoms with Crippen molar-refractivity contribution < 1.29 is 4.74 Å². The summed E-state index contributed by atoms with van der Waals surface area (Å²) in [5.41, 5.74) is 0.668. The Kier molecular flexibility index (Phi) is 5.72. The van der Waals surface area contributed by atoms with Crippen molar-refractivity contribution in [3.63, 3.8) is 0 Å². The molecule has 1 N–H and O–H groups in total. The summed E-state index contributed by atoms with van der Waals surface area (Å²) in [6, 6.07) is 0.572. The normalized spacial score (nSPS) is 35.9. The summed E-state index contributed by atoms with van der Waals surface area (Å²) in [7, 11) is 0. The highest BCUT2D eigenvalue weighted by Gasteiger charge is 2.38. The second kappa shape index (κ2) is 6.97. The van der Waals surface area contributed by atoms with E-state index in [1.807, 2.05) is 0 Å². The van der Waals surface area contributed by atoms with Crippen molar-refractivity contribution >= 4 is 0 Å². The Morgan fingerprint density at radius 1 is 1.29 bits per heavy atom. The lowest BCUT2D eigenvalue weighted by molar-refractivity contribution is -0.0317. The molecule has 0 spiro atoms. The van der Waals surface area contributed by atoms with Crippen molar-refractivity contribution in [1.82, 2.24) is 10.2 Å². The van der Waals surface area contributed by atoms with Crippen molar-refractivity contribution in [1.29, 1.82) is 0 Å². The van der Waals surface area contributed by atoms with Crippen LogP contribution >= 0.6 is 0 Å². The number of morpholine rings is 1. The van der Waals surface area contributed by atoms with Gasteiger partial charge in [0, 0.05) is 31.2 Å². The molecule has 124 valence electrons. The lowest BCUT2D eigenvalue weighted by atomic mass is 9.69. The van der Waals surface area contributed by atoms with Crippen LogP contribution in [0, 0.1) is 11.3 Å². The molecule has 1 aliphatic heterocycles. The molecule has 0 radical (unpaired) electrons. The highest BCUT2D eigenvalue weighted by Crippen LogP contribution is 2.40. The SMILES string of the molecule is CC1CCCC(CNC(C)(C)C)(CN2CCOCC2C)C1. The van der Waals surface area contributed by atoms with Crippen LogP contribution in [0.5, 0.6) is 0 Å². The van der Waals surface area contributed by atoms with E-state index in [9.17, 15) is 0 Å². The fourth-order valence-corrected chi connectivity index (χ4v) is 4.01. The number of nitrogens with zero attached hydrogens (tertiary/aromatic N) is 1. The summed E-state index contributed by atoms with van der Waals surface area (Å²) in [6.07, 6.45) is 5.56. The number of hydrogen-bond donors (Lipinski definition) is 1. The molecular formula is C18H36N2O. The predicted octanol–water partition coefficient (Wildman–Crippen LogP) is 3.29. The Bertz CT molecular complexity index is 326. The molecule has 2 rings (SSSR count). The molecular weight excluding hydrogens is 260 g/mol. The molecule has 0 bridgehead atoms. The average Bonchev–Trinajstić information content (AvgIpc) is 2.39. The van der Waals surface area contributed by atoms with Gasteiger partial charge in [0.2, 0.25) is 0 Å². The van der Waals surface area contributed by atoms with Crippen molar-refractivity contribution in [2.45, 2.75) is 71.9 Å². The average molecular weight is 296 g/mol. The topological polar surface area (TPSA) is 24.5 Å². The van der Waals surface area contributed by atoms with Crippen LogP contribution in [0.15, 0.2) is 0 Å². The van der Waals surface area contributed by atoms with Gasteiger partial charge in [-0.2, -0.15) is 0 Å². The van der Waals surface area contributed by atoms with Crippen molar-refractivity contribution in [2.24, 2.45) is 11.3 Å². The summed E-state index contributed by atoms with van der Waals surface area (Å²) >= 11 is 0. The Morgan fingerprint density at radius 2 is 2.05 bits per heavy atom. The fraction of sp³-hybridized carbons (Fsp3) is 1.00. The molecule has 0 aromatic heterocycles. The third-order valence-electron chi connectivity index (χ3n) is 5.22. The molecule has 21 heavy (non-hydrogen) atoms. The predicted molar refractivity (Wildman–Crippen MR) is 89.7 cm³/mol. The summed E-state index contributed by atoms with van der Waals surface area (Å²) in [4.78, 5) is 2.67. The minimum Gasteiger partial charge on any atom is -0.379 e. The van der Waals surface area contributed by atoms with Gasteiger partial charge >= 0.3 is 0 Å². The van der Waals surface area contributed by atoms with Gasteiger partial charge in [0.05, 0.1) is 13.2 Å². The Balaban J connectivity index is 2.03. The molecule has 1 heterocycles. The maximum atomic E-state index is 5.61. The Hall–Kier alpha value is -0.120. The Morgan fingerprint density at radius 3 is 2.67 bits per heavy atom. The van der Waals surface area contributed by atoms with Crippen LogP contribution in [0.1, 0.15) is 60.3 Å². The second-order valence-corrected chi connectivity index (χ2v) is 8.70. The maximum absolute atomic E-state index is 5.61. The standard InChI is InChI=1S/C18H36N2O/c1-15-7-6-8-18(11-15,13-19-17(3,4)5)14-20-9-10-21-12-16(20)2/h15-16,19H,6-14H2,1-5H3. The second-order valence-electron chi connectivity index (χ2n) is 8.70. The molecule has 0 aromatic rings. The molecule has 2 aliphatic rings. The van der Waals surface area contributed by atoms with Gasteiger partial charge in [-0.05, 0) is 51.9 Å². The quantitative estimate of drug-likeness (QED) is 0.861. The molecule has 0 aromatic carbocycles. The minimum absolute atomic E-state index is 0.213. The molecule has 1 saturated heterocycles. The van der Waals surface area contributed by atoms with Crippen molar-refractivity contribution in [2.75, 3.05) is 32.8 Å². The molecule has 1 saturated carbocycles. The third-order valence-corrected chi connectivity index (χ3v) is 5.22. The first kappa shape index (κ1) is 17.2. The van der Waals surface area contributed by atoms with Gasteiger partial charge in [-0.3, -0.25) is 4.90 Å². The molecule has 3 heteroatoms. The number of ether oxygens (including phenoxy) is 1. The first-order chi connectivity index (χ1) is 9.80. The lowest BCUT2D eigenvalue weighted by Gasteiger charge is -2.47. The van der Waals surface area contributed by atoms with E-state index in [-0.39, 0.29) is 5.54 Å². The fourth-order valence-electron chi connectivity index (χ4n) is 4.01. The van der Waals surface area contributed by atoms with E-state index in [0.29, 0.717) is 11.5 Å². The van der Waals surface area contributed by atoms with Gasteiger partial charge in [-0.1, -0.05) is 19.8 Å². The number of nitrogens with one attached hydrogen (secondary N) is 1. The highest BCUT2D eigenvalue weighted by molar-refractivity contribution is 4.93. The van der Waals surface area contributed by atoms with Gasteiger partial charge < -0.3 is 10.1 Å². The van der Waals surface area contributed by atoms with Crippen LogP contribution in [0.2, 0.25) is 0 Å². The van der Waals surface area contributed by atoms with Gasteiger partial charge in [0.25, 0.3) is 0 Å².